The number of hydrogen-bond donors (Lipinski definition) is 2. The second-order valence-corrected chi connectivity index (χ2v) is 5.39. The number of carbonyl (C=O) groups excluding carboxylic acids is 1. The van der Waals surface area contributed by atoms with E-state index in [1.165, 1.54) is 5.56 Å². The van der Waals surface area contributed by atoms with Gasteiger partial charge in [0, 0.05) is 19.1 Å². The molecule has 104 valence electrons. The van der Waals surface area contributed by atoms with Gasteiger partial charge in [-0.15, -0.1) is 0 Å². The topological polar surface area (TPSA) is 44.4 Å². The predicted molar refractivity (Wildman–Crippen MR) is 78.7 cm³/mol. The van der Waals surface area contributed by atoms with Gasteiger partial charge in [0.25, 0.3) is 5.91 Å². The highest BCUT2D eigenvalue weighted by Crippen LogP contribution is 2.25. The first kappa shape index (κ1) is 13.9. The fourth-order valence-corrected chi connectivity index (χ4v) is 2.22. The van der Waals surface area contributed by atoms with E-state index in [-0.39, 0.29) is 5.91 Å². The summed E-state index contributed by atoms with van der Waals surface area (Å²) in [7, 11) is 4.03. The van der Waals surface area contributed by atoms with Crippen LogP contribution < -0.4 is 10.6 Å². The predicted octanol–water partition coefficient (Wildman–Crippen LogP) is 1.72. The summed E-state index contributed by atoms with van der Waals surface area (Å²) in [6.45, 7) is 3.71. The summed E-state index contributed by atoms with van der Waals surface area (Å²) in [5, 5.41) is 6.36. The van der Waals surface area contributed by atoms with Crippen LogP contribution in [0.25, 0.3) is 0 Å². The van der Waals surface area contributed by atoms with Crippen molar-refractivity contribution in [2.75, 3.05) is 32.5 Å². The number of hydrogen-bond acceptors (Lipinski definition) is 3. The summed E-state index contributed by atoms with van der Waals surface area (Å²) in [5.74, 6) is 0.0138. The Labute approximate surface area is 115 Å². The summed E-state index contributed by atoms with van der Waals surface area (Å²) in [6, 6.07) is 6.29. The second kappa shape index (κ2) is 6.06. The highest BCUT2D eigenvalue weighted by Gasteiger charge is 2.17. The summed E-state index contributed by atoms with van der Waals surface area (Å²) < 4.78 is 0. The second-order valence-electron chi connectivity index (χ2n) is 5.39. The molecule has 1 aliphatic rings. The van der Waals surface area contributed by atoms with E-state index in [0.29, 0.717) is 12.6 Å². The van der Waals surface area contributed by atoms with Crippen LogP contribution in [0.15, 0.2) is 18.2 Å². The number of para-hydroxylation sites is 1. The maximum atomic E-state index is 12.3. The maximum Gasteiger partial charge on any atom is 0.253 e. The summed E-state index contributed by atoms with van der Waals surface area (Å²) in [5.41, 5.74) is 3.03. The Kier molecular flexibility index (Phi) is 4.43. The molecule has 0 aromatic heterocycles. The zero-order valence-corrected chi connectivity index (χ0v) is 12.0. The van der Waals surface area contributed by atoms with Gasteiger partial charge in [0.05, 0.1) is 11.3 Å². The molecule has 0 saturated heterocycles. The molecule has 1 atom stereocenters. The van der Waals surface area contributed by atoms with Gasteiger partial charge >= 0.3 is 0 Å². The van der Waals surface area contributed by atoms with E-state index in [9.17, 15) is 4.79 Å². The van der Waals surface area contributed by atoms with E-state index in [1.54, 1.807) is 0 Å². The molecule has 0 saturated carbocycles. The van der Waals surface area contributed by atoms with E-state index in [4.69, 9.17) is 0 Å². The molecule has 1 aromatic carbocycles. The SMILES string of the molecule is CC(CNC(=O)c1cccc2c1NCCC2)N(C)C. The minimum atomic E-state index is 0.0138. The molecule has 2 N–H and O–H groups in total. The van der Waals surface area contributed by atoms with Crippen LogP contribution in [0, 0.1) is 0 Å². The standard InChI is InChI=1S/C15H23N3O/c1-11(18(2)3)10-17-15(19)13-8-4-6-12-7-5-9-16-14(12)13/h4,6,8,11,16H,5,7,9-10H2,1-3H3,(H,17,19). The van der Waals surface area contributed by atoms with Crippen molar-refractivity contribution in [2.24, 2.45) is 0 Å². The zero-order valence-electron chi connectivity index (χ0n) is 12.0. The molecule has 0 aliphatic carbocycles. The first-order valence-electron chi connectivity index (χ1n) is 6.90. The maximum absolute atomic E-state index is 12.3. The first-order chi connectivity index (χ1) is 9.09. The lowest BCUT2D eigenvalue weighted by Crippen LogP contribution is -2.38. The van der Waals surface area contributed by atoms with Gasteiger partial charge < -0.3 is 15.5 Å². The number of anilines is 1. The van der Waals surface area contributed by atoms with Crippen molar-refractivity contribution in [3.63, 3.8) is 0 Å². The minimum absolute atomic E-state index is 0.0138. The smallest absolute Gasteiger partial charge is 0.253 e. The fraction of sp³-hybridized carbons (Fsp3) is 0.533. The molecule has 1 unspecified atom stereocenters. The molecule has 1 aliphatic heterocycles. The lowest BCUT2D eigenvalue weighted by Gasteiger charge is -2.23. The fourth-order valence-electron chi connectivity index (χ4n) is 2.22. The molecule has 1 aromatic rings. The van der Waals surface area contributed by atoms with Crippen LogP contribution in [0.4, 0.5) is 5.69 Å². The van der Waals surface area contributed by atoms with Gasteiger partial charge in [-0.25, -0.2) is 0 Å². The highest BCUT2D eigenvalue weighted by atomic mass is 16.1. The van der Waals surface area contributed by atoms with Crippen molar-refractivity contribution >= 4 is 11.6 Å². The number of rotatable bonds is 4. The van der Waals surface area contributed by atoms with Gasteiger partial charge in [0.1, 0.15) is 0 Å². The van der Waals surface area contributed by atoms with E-state index in [1.807, 2.05) is 26.2 Å². The third-order valence-electron chi connectivity index (χ3n) is 3.76. The van der Waals surface area contributed by atoms with Crippen LogP contribution >= 0.6 is 0 Å². The Morgan fingerprint density at radius 2 is 2.26 bits per heavy atom. The van der Waals surface area contributed by atoms with Gasteiger partial charge in [-0.2, -0.15) is 0 Å². The molecule has 0 fully saturated rings. The molecular formula is C15H23N3O. The van der Waals surface area contributed by atoms with Crippen molar-refractivity contribution in [3.8, 4) is 0 Å². The van der Waals surface area contributed by atoms with Crippen LogP contribution in [0.1, 0.15) is 29.3 Å². The molecular weight excluding hydrogens is 238 g/mol. The molecule has 0 bridgehead atoms. The monoisotopic (exact) mass is 261 g/mol. The lowest BCUT2D eigenvalue weighted by molar-refractivity contribution is 0.0944. The van der Waals surface area contributed by atoms with E-state index in [0.717, 1.165) is 30.6 Å². The number of nitrogens with zero attached hydrogens (tertiary/aromatic N) is 1. The molecule has 2 rings (SSSR count). The molecule has 4 heteroatoms. The Balaban J connectivity index is 2.07. The van der Waals surface area contributed by atoms with Crippen molar-refractivity contribution in [3.05, 3.63) is 29.3 Å². The van der Waals surface area contributed by atoms with Crippen molar-refractivity contribution < 1.29 is 4.79 Å². The third kappa shape index (κ3) is 3.26. The molecule has 1 amide bonds. The molecule has 4 nitrogen and oxygen atoms in total. The van der Waals surface area contributed by atoms with Gasteiger partial charge in [-0.3, -0.25) is 4.79 Å². The van der Waals surface area contributed by atoms with E-state index < -0.39 is 0 Å². The number of carbonyl (C=O) groups is 1. The number of fused-ring (bicyclic) bond motifs is 1. The van der Waals surface area contributed by atoms with Gasteiger partial charge in [-0.1, -0.05) is 12.1 Å². The Bertz CT molecular complexity index is 457. The van der Waals surface area contributed by atoms with E-state index in [2.05, 4.69) is 28.5 Å². The van der Waals surface area contributed by atoms with Crippen LogP contribution in [0.2, 0.25) is 0 Å². The number of likely N-dealkylation sites (N-methyl/N-ethyl adjacent to an activating group) is 1. The number of benzene rings is 1. The number of amides is 1. The first-order valence-corrected chi connectivity index (χ1v) is 6.90. The van der Waals surface area contributed by atoms with Gasteiger partial charge in [-0.05, 0) is 45.5 Å². The summed E-state index contributed by atoms with van der Waals surface area (Å²) in [4.78, 5) is 14.4. The average Bonchev–Trinajstić information content (AvgIpc) is 2.43. The summed E-state index contributed by atoms with van der Waals surface area (Å²) >= 11 is 0. The number of aryl methyl sites for hydroxylation is 1. The third-order valence-corrected chi connectivity index (χ3v) is 3.76. The van der Waals surface area contributed by atoms with Gasteiger partial charge in [0.15, 0.2) is 0 Å². The Morgan fingerprint density at radius 1 is 1.47 bits per heavy atom. The molecule has 0 radical (unpaired) electrons. The average molecular weight is 261 g/mol. The number of nitrogens with one attached hydrogen (secondary N) is 2. The minimum Gasteiger partial charge on any atom is -0.384 e. The Hall–Kier alpha value is -1.55. The lowest BCUT2D eigenvalue weighted by atomic mass is 9.99. The molecule has 1 heterocycles. The van der Waals surface area contributed by atoms with Crippen LogP contribution in [-0.4, -0.2) is 44.0 Å². The van der Waals surface area contributed by atoms with Crippen molar-refractivity contribution in [2.45, 2.75) is 25.8 Å². The quantitative estimate of drug-likeness (QED) is 0.867. The highest BCUT2D eigenvalue weighted by molar-refractivity contribution is 6.00. The van der Waals surface area contributed by atoms with Crippen molar-refractivity contribution in [1.82, 2.24) is 10.2 Å². The summed E-state index contributed by atoms with van der Waals surface area (Å²) in [6.07, 6.45) is 2.19. The van der Waals surface area contributed by atoms with Crippen LogP contribution in [0.5, 0.6) is 0 Å². The zero-order chi connectivity index (χ0) is 13.8. The van der Waals surface area contributed by atoms with E-state index >= 15 is 0 Å². The Morgan fingerprint density at radius 3 is 3.00 bits per heavy atom. The van der Waals surface area contributed by atoms with Crippen LogP contribution in [0.3, 0.4) is 0 Å². The molecule has 0 spiro atoms. The van der Waals surface area contributed by atoms with Crippen LogP contribution in [-0.2, 0) is 6.42 Å². The largest absolute Gasteiger partial charge is 0.384 e. The van der Waals surface area contributed by atoms with Gasteiger partial charge in [0.2, 0.25) is 0 Å². The normalized spacial score (nSPS) is 15.6. The molecule has 19 heavy (non-hydrogen) atoms. The van der Waals surface area contributed by atoms with Crippen molar-refractivity contribution in [1.29, 1.82) is 0 Å².